The molecule has 16 heavy (non-hydrogen) atoms. The Bertz CT molecular complexity index is 421. The lowest BCUT2D eigenvalue weighted by Gasteiger charge is -2.20. The summed E-state index contributed by atoms with van der Waals surface area (Å²) in [5.74, 6) is -0.123. The number of aliphatic hydroxyl groups is 1. The van der Waals surface area contributed by atoms with E-state index < -0.39 is 6.10 Å². The number of aliphatic hydroxyl groups excluding tert-OH is 1. The molecule has 0 aliphatic carbocycles. The number of hydrogen-bond acceptors (Lipinski definition) is 5. The quantitative estimate of drug-likeness (QED) is 0.599. The predicted octanol–water partition coefficient (Wildman–Crippen LogP) is -0.450. The summed E-state index contributed by atoms with van der Waals surface area (Å²) in [6.07, 6.45) is -0.562. The maximum Gasteiger partial charge on any atom is 0.258 e. The third-order valence-electron chi connectivity index (χ3n) is 2.73. The fourth-order valence-corrected chi connectivity index (χ4v) is 1.70. The van der Waals surface area contributed by atoms with Gasteiger partial charge in [0.05, 0.1) is 6.54 Å². The van der Waals surface area contributed by atoms with Crippen LogP contribution in [0.1, 0.15) is 13.3 Å². The van der Waals surface area contributed by atoms with Crippen molar-refractivity contribution < 1.29 is 9.90 Å². The van der Waals surface area contributed by atoms with E-state index in [1.165, 1.54) is 4.90 Å². The topological polar surface area (TPSA) is 89.0 Å². The minimum Gasteiger partial charge on any atom is -0.383 e. The van der Waals surface area contributed by atoms with Crippen LogP contribution in [0.25, 0.3) is 0 Å². The van der Waals surface area contributed by atoms with E-state index in [9.17, 15) is 9.90 Å². The van der Waals surface area contributed by atoms with Crippen molar-refractivity contribution in [3.8, 4) is 6.07 Å². The largest absolute Gasteiger partial charge is 0.383 e. The SMILES string of the molecule is CC1CN=C(N2CC[C@@H](O)C2=O)N=C1C#N. The highest BCUT2D eigenvalue weighted by atomic mass is 16.3. The van der Waals surface area contributed by atoms with E-state index in [0.717, 1.165) is 0 Å². The van der Waals surface area contributed by atoms with Gasteiger partial charge in [0.1, 0.15) is 17.9 Å². The van der Waals surface area contributed by atoms with Gasteiger partial charge in [-0.05, 0) is 0 Å². The summed E-state index contributed by atoms with van der Waals surface area (Å²) in [6.45, 7) is 2.74. The summed E-state index contributed by atoms with van der Waals surface area (Å²) in [4.78, 5) is 21.1. The Kier molecular flexibility index (Phi) is 2.71. The van der Waals surface area contributed by atoms with Gasteiger partial charge in [0, 0.05) is 18.9 Å². The van der Waals surface area contributed by atoms with E-state index >= 15 is 0 Å². The molecule has 84 valence electrons. The minimum absolute atomic E-state index is 0.00335. The highest BCUT2D eigenvalue weighted by Gasteiger charge is 2.34. The second-order valence-electron chi connectivity index (χ2n) is 3.94. The molecule has 0 saturated carbocycles. The van der Waals surface area contributed by atoms with Crippen LogP contribution in [-0.4, -0.2) is 46.8 Å². The van der Waals surface area contributed by atoms with Crippen molar-refractivity contribution in [1.82, 2.24) is 4.90 Å². The molecule has 0 aromatic rings. The number of guanidine groups is 1. The molecule has 2 aliphatic heterocycles. The van der Waals surface area contributed by atoms with Crippen LogP contribution in [0.4, 0.5) is 0 Å². The van der Waals surface area contributed by atoms with Crippen LogP contribution in [0, 0.1) is 17.2 Å². The van der Waals surface area contributed by atoms with Gasteiger partial charge in [-0.15, -0.1) is 0 Å². The number of nitrogens with zero attached hydrogens (tertiary/aromatic N) is 4. The van der Waals surface area contributed by atoms with Gasteiger partial charge in [0.2, 0.25) is 5.96 Å². The van der Waals surface area contributed by atoms with Crippen molar-refractivity contribution in [3.05, 3.63) is 0 Å². The Hall–Kier alpha value is -1.74. The van der Waals surface area contributed by atoms with Gasteiger partial charge in [-0.1, -0.05) is 6.92 Å². The summed E-state index contributed by atoms with van der Waals surface area (Å²) in [5, 5.41) is 18.2. The Morgan fingerprint density at radius 1 is 1.62 bits per heavy atom. The fourth-order valence-electron chi connectivity index (χ4n) is 1.70. The number of nitriles is 1. The van der Waals surface area contributed by atoms with E-state index in [4.69, 9.17) is 5.26 Å². The zero-order chi connectivity index (χ0) is 11.7. The summed E-state index contributed by atoms with van der Waals surface area (Å²) in [6, 6.07) is 2.00. The summed E-state index contributed by atoms with van der Waals surface area (Å²) in [5.41, 5.74) is 0.388. The number of carbonyl (C=O) groups is 1. The first-order chi connectivity index (χ1) is 7.63. The number of hydrogen-bond donors (Lipinski definition) is 1. The first-order valence-electron chi connectivity index (χ1n) is 5.16. The van der Waals surface area contributed by atoms with Crippen LogP contribution in [0.15, 0.2) is 9.98 Å². The molecule has 0 aromatic carbocycles. The number of rotatable bonds is 0. The van der Waals surface area contributed by atoms with Gasteiger partial charge in [-0.25, -0.2) is 4.99 Å². The molecule has 1 fully saturated rings. The van der Waals surface area contributed by atoms with E-state index in [0.29, 0.717) is 25.2 Å². The molecule has 2 heterocycles. The second-order valence-corrected chi connectivity index (χ2v) is 3.94. The molecule has 1 amide bonds. The van der Waals surface area contributed by atoms with Gasteiger partial charge >= 0.3 is 0 Å². The summed E-state index contributed by atoms with van der Waals surface area (Å²) in [7, 11) is 0. The lowest BCUT2D eigenvalue weighted by molar-refractivity contribution is -0.131. The van der Waals surface area contributed by atoms with E-state index in [1.54, 1.807) is 0 Å². The zero-order valence-electron chi connectivity index (χ0n) is 8.92. The van der Waals surface area contributed by atoms with Gasteiger partial charge in [-0.3, -0.25) is 14.7 Å². The molecule has 1 unspecified atom stereocenters. The molecular weight excluding hydrogens is 208 g/mol. The highest BCUT2D eigenvalue weighted by Crippen LogP contribution is 2.16. The molecule has 1 saturated heterocycles. The molecule has 2 atom stereocenters. The van der Waals surface area contributed by atoms with Crippen molar-refractivity contribution in [2.24, 2.45) is 15.9 Å². The average molecular weight is 220 g/mol. The van der Waals surface area contributed by atoms with Gasteiger partial charge < -0.3 is 5.11 Å². The molecule has 6 nitrogen and oxygen atoms in total. The first-order valence-corrected chi connectivity index (χ1v) is 5.16. The zero-order valence-corrected chi connectivity index (χ0v) is 8.92. The second kappa shape index (κ2) is 4.02. The van der Waals surface area contributed by atoms with E-state index in [2.05, 4.69) is 9.98 Å². The predicted molar refractivity (Wildman–Crippen MR) is 56.9 cm³/mol. The standard InChI is InChI=1S/C10H12N4O2/c1-6-5-12-10(13-7(6)4-11)14-3-2-8(15)9(14)16/h6,8,15H,2-3,5H2,1H3/t6?,8-/m1/s1. The Labute approximate surface area is 92.9 Å². The van der Waals surface area contributed by atoms with E-state index in [1.807, 2.05) is 13.0 Å². The normalized spacial score (nSPS) is 29.8. The Morgan fingerprint density at radius 3 is 2.94 bits per heavy atom. The van der Waals surface area contributed by atoms with Crippen LogP contribution < -0.4 is 0 Å². The monoisotopic (exact) mass is 220 g/mol. The minimum atomic E-state index is -0.956. The summed E-state index contributed by atoms with van der Waals surface area (Å²) >= 11 is 0. The fraction of sp³-hybridized carbons (Fsp3) is 0.600. The Morgan fingerprint density at radius 2 is 2.38 bits per heavy atom. The molecule has 0 radical (unpaired) electrons. The van der Waals surface area contributed by atoms with Gasteiger partial charge in [0.15, 0.2) is 0 Å². The average Bonchev–Trinajstić information content (AvgIpc) is 2.61. The summed E-state index contributed by atoms with van der Waals surface area (Å²) < 4.78 is 0. The van der Waals surface area contributed by atoms with Crippen molar-refractivity contribution in [3.63, 3.8) is 0 Å². The molecular formula is C10H12N4O2. The number of likely N-dealkylation sites (tertiary alicyclic amines) is 1. The van der Waals surface area contributed by atoms with E-state index in [-0.39, 0.29) is 17.8 Å². The smallest absolute Gasteiger partial charge is 0.258 e. The number of amides is 1. The molecule has 1 N–H and O–H groups in total. The first kappa shape index (κ1) is 10.8. The molecule has 2 aliphatic rings. The van der Waals surface area contributed by atoms with Crippen molar-refractivity contribution in [1.29, 1.82) is 5.26 Å². The molecule has 0 bridgehead atoms. The van der Waals surface area contributed by atoms with Crippen molar-refractivity contribution in [2.45, 2.75) is 19.4 Å². The van der Waals surface area contributed by atoms with Crippen molar-refractivity contribution >= 4 is 17.6 Å². The molecule has 6 heteroatoms. The maximum atomic E-state index is 11.5. The van der Waals surface area contributed by atoms with Crippen LogP contribution in [0.3, 0.4) is 0 Å². The molecule has 0 aromatic heterocycles. The maximum absolute atomic E-state index is 11.5. The molecule has 2 rings (SSSR count). The number of aliphatic imine (C=N–C) groups is 2. The van der Waals surface area contributed by atoms with Crippen LogP contribution >= 0.6 is 0 Å². The van der Waals surface area contributed by atoms with Crippen molar-refractivity contribution in [2.75, 3.05) is 13.1 Å². The third-order valence-corrected chi connectivity index (χ3v) is 2.73. The number of carbonyl (C=O) groups excluding carboxylic acids is 1. The lowest BCUT2D eigenvalue weighted by Crippen LogP contribution is -2.37. The van der Waals surface area contributed by atoms with Gasteiger partial charge in [0.25, 0.3) is 5.91 Å². The molecule has 0 spiro atoms. The lowest BCUT2D eigenvalue weighted by atomic mass is 10.1. The van der Waals surface area contributed by atoms with Crippen LogP contribution in [0.2, 0.25) is 0 Å². The third kappa shape index (κ3) is 1.70. The van der Waals surface area contributed by atoms with Gasteiger partial charge in [-0.2, -0.15) is 5.26 Å². The van der Waals surface area contributed by atoms with Crippen LogP contribution in [-0.2, 0) is 4.79 Å². The van der Waals surface area contributed by atoms with Crippen LogP contribution in [0.5, 0.6) is 0 Å². The Balaban J connectivity index is 2.22. The highest BCUT2D eigenvalue weighted by molar-refractivity contribution is 6.12.